The molecule has 39 heavy (non-hydrogen) atoms. The molecule has 2 amide bonds. The van der Waals surface area contributed by atoms with Crippen LogP contribution >= 0.6 is 0 Å². The predicted molar refractivity (Wildman–Crippen MR) is 151 cm³/mol. The average molecular weight is 551 g/mol. The van der Waals surface area contributed by atoms with Crippen molar-refractivity contribution in [3.05, 3.63) is 71.3 Å². The summed E-state index contributed by atoms with van der Waals surface area (Å²) in [5.41, 5.74) is 5.39. The molecule has 0 bridgehead atoms. The molecule has 0 spiro atoms. The maximum atomic E-state index is 13.4. The summed E-state index contributed by atoms with van der Waals surface area (Å²) < 4.78 is 27.9. The SMILES string of the molecule is C=C(CNCC1CC1)c1ccc2c(c1)CCC[C@H]2NC(=O)CC1C(=O)NCCN1S(=O)(=O)c1ccc(C)cc1. The third kappa shape index (κ3) is 6.42. The second-order valence-electron chi connectivity index (χ2n) is 11.0. The van der Waals surface area contributed by atoms with Gasteiger partial charge in [-0.15, -0.1) is 0 Å². The minimum atomic E-state index is -3.93. The first-order chi connectivity index (χ1) is 18.7. The van der Waals surface area contributed by atoms with Crippen molar-refractivity contribution in [2.45, 2.75) is 62.4 Å². The number of piperazine rings is 1. The van der Waals surface area contributed by atoms with Gasteiger partial charge in [-0.1, -0.05) is 42.5 Å². The molecule has 2 aromatic rings. The third-order valence-electron chi connectivity index (χ3n) is 7.96. The van der Waals surface area contributed by atoms with Crippen LogP contribution in [0.3, 0.4) is 0 Å². The molecule has 0 aromatic heterocycles. The first-order valence-electron chi connectivity index (χ1n) is 13.9. The molecule has 0 radical (unpaired) electrons. The van der Waals surface area contributed by atoms with Crippen LogP contribution in [-0.4, -0.2) is 56.8 Å². The van der Waals surface area contributed by atoms with Gasteiger partial charge in [0.05, 0.1) is 17.4 Å². The molecule has 1 saturated heterocycles. The van der Waals surface area contributed by atoms with E-state index >= 15 is 0 Å². The highest BCUT2D eigenvalue weighted by atomic mass is 32.2. The monoisotopic (exact) mass is 550 g/mol. The first-order valence-corrected chi connectivity index (χ1v) is 15.3. The number of sulfonamides is 1. The van der Waals surface area contributed by atoms with Crippen molar-refractivity contribution in [2.75, 3.05) is 26.2 Å². The number of hydrogen-bond donors (Lipinski definition) is 3. The fraction of sp³-hybridized carbons (Fsp3) is 0.467. The van der Waals surface area contributed by atoms with E-state index in [2.05, 4.69) is 40.7 Å². The number of amides is 2. The van der Waals surface area contributed by atoms with E-state index in [4.69, 9.17) is 0 Å². The molecule has 3 aliphatic rings. The van der Waals surface area contributed by atoms with Gasteiger partial charge in [0.1, 0.15) is 6.04 Å². The lowest BCUT2D eigenvalue weighted by Crippen LogP contribution is -2.58. The van der Waals surface area contributed by atoms with Gasteiger partial charge in [-0.3, -0.25) is 9.59 Å². The van der Waals surface area contributed by atoms with E-state index < -0.39 is 22.0 Å². The van der Waals surface area contributed by atoms with Gasteiger partial charge in [0, 0.05) is 19.6 Å². The van der Waals surface area contributed by atoms with Crippen LogP contribution in [0.2, 0.25) is 0 Å². The molecule has 8 nitrogen and oxygen atoms in total. The van der Waals surface area contributed by atoms with Gasteiger partial charge in [0.15, 0.2) is 0 Å². The summed E-state index contributed by atoms with van der Waals surface area (Å²) in [6, 6.07) is 11.6. The Balaban J connectivity index is 1.25. The second kappa shape index (κ2) is 11.6. The molecule has 1 saturated carbocycles. The highest BCUT2D eigenvalue weighted by Gasteiger charge is 2.40. The van der Waals surface area contributed by atoms with E-state index in [1.807, 2.05) is 6.92 Å². The molecule has 2 aliphatic carbocycles. The molecular formula is C30H38N4O4S. The van der Waals surface area contributed by atoms with Crippen LogP contribution in [0, 0.1) is 12.8 Å². The van der Waals surface area contributed by atoms with Crippen LogP contribution in [-0.2, 0) is 26.0 Å². The Labute approximate surface area is 231 Å². The van der Waals surface area contributed by atoms with E-state index in [0.29, 0.717) is 0 Å². The Kier molecular flexibility index (Phi) is 8.21. The van der Waals surface area contributed by atoms with Crippen molar-refractivity contribution in [3.8, 4) is 0 Å². The normalized spacial score (nSPS) is 21.6. The van der Waals surface area contributed by atoms with Gasteiger partial charge in [0.2, 0.25) is 21.8 Å². The summed E-state index contributed by atoms with van der Waals surface area (Å²) >= 11 is 0. The molecule has 9 heteroatoms. The zero-order valence-electron chi connectivity index (χ0n) is 22.5. The number of carbonyl (C=O) groups excluding carboxylic acids is 2. The largest absolute Gasteiger partial charge is 0.353 e. The van der Waals surface area contributed by atoms with Crippen molar-refractivity contribution in [2.24, 2.45) is 5.92 Å². The number of nitrogens with one attached hydrogen (secondary N) is 3. The van der Waals surface area contributed by atoms with Crippen molar-refractivity contribution >= 4 is 27.4 Å². The first kappa shape index (κ1) is 27.6. The quantitative estimate of drug-likeness (QED) is 0.422. The van der Waals surface area contributed by atoms with Crippen molar-refractivity contribution in [1.29, 1.82) is 0 Å². The van der Waals surface area contributed by atoms with E-state index in [-0.39, 0.29) is 36.4 Å². The maximum Gasteiger partial charge on any atom is 0.243 e. The van der Waals surface area contributed by atoms with Gasteiger partial charge >= 0.3 is 0 Å². The van der Waals surface area contributed by atoms with Gasteiger partial charge in [-0.2, -0.15) is 4.31 Å². The summed E-state index contributed by atoms with van der Waals surface area (Å²) in [6.07, 6.45) is 5.07. The lowest BCUT2D eigenvalue weighted by Gasteiger charge is -2.34. The Morgan fingerprint density at radius 2 is 1.90 bits per heavy atom. The molecular weight excluding hydrogens is 512 g/mol. The fourth-order valence-corrected chi connectivity index (χ4v) is 7.07. The molecule has 208 valence electrons. The Morgan fingerprint density at radius 3 is 2.64 bits per heavy atom. The minimum Gasteiger partial charge on any atom is -0.353 e. The molecule has 1 heterocycles. The van der Waals surface area contributed by atoms with Crippen LogP contribution in [0.15, 0.2) is 53.9 Å². The standard InChI is InChI=1S/C30H38N4O4S/c1-20-6-11-25(12-7-20)39(37,38)34-15-14-32-30(36)28(34)17-29(35)33-27-5-3-4-24-16-23(10-13-26(24)27)21(2)18-31-19-22-8-9-22/h6-7,10-13,16,22,27-28,31H,2-5,8-9,14-15,17-19H2,1H3,(H,32,36)(H,33,35)/t27-,28?/m1/s1. The molecule has 1 aliphatic heterocycles. The molecule has 3 N–H and O–H groups in total. The summed E-state index contributed by atoms with van der Waals surface area (Å²) in [6.45, 7) is 8.28. The fourth-order valence-electron chi connectivity index (χ4n) is 5.49. The Morgan fingerprint density at radius 1 is 1.13 bits per heavy atom. The highest BCUT2D eigenvalue weighted by Crippen LogP contribution is 2.32. The van der Waals surface area contributed by atoms with E-state index in [1.54, 1.807) is 24.3 Å². The summed E-state index contributed by atoms with van der Waals surface area (Å²) in [5, 5.41) is 9.30. The lowest BCUT2D eigenvalue weighted by atomic mass is 9.85. The van der Waals surface area contributed by atoms with Crippen LogP contribution in [0.25, 0.3) is 5.57 Å². The number of nitrogens with zero attached hydrogens (tertiary/aromatic N) is 1. The smallest absolute Gasteiger partial charge is 0.243 e. The van der Waals surface area contributed by atoms with Gasteiger partial charge in [0.25, 0.3) is 0 Å². The molecule has 2 aromatic carbocycles. The van der Waals surface area contributed by atoms with Crippen molar-refractivity contribution in [3.63, 3.8) is 0 Å². The number of carbonyl (C=O) groups is 2. The van der Waals surface area contributed by atoms with E-state index in [0.717, 1.165) is 60.5 Å². The zero-order valence-corrected chi connectivity index (χ0v) is 23.4. The minimum absolute atomic E-state index is 0.119. The van der Waals surface area contributed by atoms with Crippen LogP contribution in [0.5, 0.6) is 0 Å². The maximum absolute atomic E-state index is 13.4. The topological polar surface area (TPSA) is 108 Å². The van der Waals surface area contributed by atoms with Gasteiger partial charge < -0.3 is 16.0 Å². The molecule has 2 fully saturated rings. The Hall–Kier alpha value is -3.01. The number of rotatable bonds is 10. The lowest BCUT2D eigenvalue weighted by molar-refractivity contribution is -0.132. The number of aryl methyl sites for hydroxylation is 2. The molecule has 5 rings (SSSR count). The summed E-state index contributed by atoms with van der Waals surface area (Å²) in [7, 11) is -3.93. The zero-order chi connectivity index (χ0) is 27.6. The average Bonchev–Trinajstić information content (AvgIpc) is 3.74. The number of fused-ring (bicyclic) bond motifs is 1. The van der Waals surface area contributed by atoms with Crippen molar-refractivity contribution in [1.82, 2.24) is 20.3 Å². The number of benzene rings is 2. The van der Waals surface area contributed by atoms with Gasteiger partial charge in [-0.25, -0.2) is 8.42 Å². The highest BCUT2D eigenvalue weighted by molar-refractivity contribution is 7.89. The molecule has 2 atom stereocenters. The predicted octanol–water partition coefficient (Wildman–Crippen LogP) is 3.08. The second-order valence-corrected chi connectivity index (χ2v) is 12.9. The van der Waals surface area contributed by atoms with Crippen LogP contribution in [0.1, 0.15) is 60.4 Å². The van der Waals surface area contributed by atoms with Crippen molar-refractivity contribution < 1.29 is 18.0 Å². The molecule has 1 unspecified atom stereocenters. The number of hydrogen-bond acceptors (Lipinski definition) is 5. The summed E-state index contributed by atoms with van der Waals surface area (Å²) in [5.74, 6) is 0.0338. The summed E-state index contributed by atoms with van der Waals surface area (Å²) in [4.78, 5) is 26.1. The van der Waals surface area contributed by atoms with E-state index in [1.165, 1.54) is 22.7 Å². The Bertz CT molecular complexity index is 1350. The van der Waals surface area contributed by atoms with E-state index in [9.17, 15) is 18.0 Å². The van der Waals surface area contributed by atoms with Gasteiger partial charge in [-0.05, 0) is 85.9 Å². The van der Waals surface area contributed by atoms with Crippen LogP contribution in [0.4, 0.5) is 0 Å². The third-order valence-corrected chi connectivity index (χ3v) is 9.88. The van der Waals surface area contributed by atoms with Crippen LogP contribution < -0.4 is 16.0 Å².